The number of aliphatic hydroxyl groups is 1. The summed E-state index contributed by atoms with van der Waals surface area (Å²) in [6.07, 6.45) is 2.07. The summed E-state index contributed by atoms with van der Waals surface area (Å²) in [6.45, 7) is 13.1. The second-order valence-electron chi connectivity index (χ2n) is 7.30. The summed E-state index contributed by atoms with van der Waals surface area (Å²) in [4.78, 5) is 5.00. The zero-order chi connectivity index (χ0) is 17.9. The normalized spacial score (nSPS) is 11.5. The van der Waals surface area contributed by atoms with E-state index >= 15 is 0 Å². The van der Waals surface area contributed by atoms with Gasteiger partial charge < -0.3 is 5.11 Å². The highest BCUT2D eigenvalue weighted by atomic mass is 16.3. The molecule has 0 radical (unpaired) electrons. The maximum absolute atomic E-state index is 10.1. The van der Waals surface area contributed by atoms with Crippen molar-refractivity contribution in [1.29, 1.82) is 0 Å². The Bertz CT molecular complexity index is 684. The fourth-order valence-corrected chi connectivity index (χ4v) is 3.39. The van der Waals surface area contributed by atoms with Crippen molar-refractivity contribution in [2.75, 3.05) is 0 Å². The fourth-order valence-electron chi connectivity index (χ4n) is 3.39. The molecule has 0 unspecified atom stereocenters. The smallest absolute Gasteiger partial charge is 0.0705 e. The predicted octanol–water partition coefficient (Wildman–Crippen LogP) is 5.75. The van der Waals surface area contributed by atoms with Crippen LogP contribution in [0, 0.1) is 6.92 Å². The van der Waals surface area contributed by atoms with Crippen molar-refractivity contribution in [3.8, 4) is 11.1 Å². The van der Waals surface area contributed by atoms with Gasteiger partial charge in [0.1, 0.15) is 0 Å². The quantitative estimate of drug-likeness (QED) is 0.733. The summed E-state index contributed by atoms with van der Waals surface area (Å²) >= 11 is 0. The SMILES string of the molecule is CCCc1c(C(C)C)nc(C(C)C)c(CO)c1-c1ccc(C)cc1. The molecule has 0 fully saturated rings. The number of hydrogen-bond donors (Lipinski definition) is 1. The molecule has 2 nitrogen and oxygen atoms in total. The average molecular weight is 325 g/mol. The Hall–Kier alpha value is -1.67. The van der Waals surface area contributed by atoms with Crippen LogP contribution in [0.1, 0.15) is 81.0 Å². The third kappa shape index (κ3) is 3.70. The average Bonchev–Trinajstić information content (AvgIpc) is 2.54. The van der Waals surface area contributed by atoms with Crippen LogP contribution in [0.15, 0.2) is 24.3 Å². The lowest BCUT2D eigenvalue weighted by atomic mass is 9.85. The Morgan fingerprint density at radius 2 is 1.46 bits per heavy atom. The van der Waals surface area contributed by atoms with Crippen molar-refractivity contribution in [2.24, 2.45) is 0 Å². The van der Waals surface area contributed by atoms with Gasteiger partial charge in [-0.3, -0.25) is 4.98 Å². The minimum atomic E-state index is 0.0405. The van der Waals surface area contributed by atoms with Crippen molar-refractivity contribution in [1.82, 2.24) is 4.98 Å². The summed E-state index contributed by atoms with van der Waals surface area (Å²) < 4.78 is 0. The summed E-state index contributed by atoms with van der Waals surface area (Å²) in [5, 5.41) is 10.1. The first-order valence-electron chi connectivity index (χ1n) is 9.14. The van der Waals surface area contributed by atoms with Crippen LogP contribution in [0.3, 0.4) is 0 Å². The van der Waals surface area contributed by atoms with Gasteiger partial charge in [-0.1, -0.05) is 70.9 Å². The van der Waals surface area contributed by atoms with E-state index in [0.717, 1.165) is 24.1 Å². The molecule has 0 aliphatic heterocycles. The van der Waals surface area contributed by atoms with Gasteiger partial charge in [0.25, 0.3) is 0 Å². The van der Waals surface area contributed by atoms with E-state index in [1.54, 1.807) is 0 Å². The standard InChI is InChI=1S/C22H31NO/c1-7-8-18-20(17-11-9-16(6)10-12-17)19(13-24)22(15(4)5)23-21(18)14(2)3/h9-12,14-15,24H,7-8,13H2,1-6H3. The number of benzene rings is 1. The molecule has 0 atom stereocenters. The van der Waals surface area contributed by atoms with Gasteiger partial charge in [0.05, 0.1) is 6.61 Å². The molecule has 0 saturated heterocycles. The first-order chi connectivity index (χ1) is 11.4. The summed E-state index contributed by atoms with van der Waals surface area (Å²) in [5.41, 5.74) is 8.20. The van der Waals surface area contributed by atoms with Crippen molar-refractivity contribution in [3.63, 3.8) is 0 Å². The molecule has 0 saturated carbocycles. The molecule has 1 aromatic carbocycles. The zero-order valence-corrected chi connectivity index (χ0v) is 16.0. The Morgan fingerprint density at radius 1 is 0.917 bits per heavy atom. The highest BCUT2D eigenvalue weighted by Crippen LogP contribution is 2.37. The predicted molar refractivity (Wildman–Crippen MR) is 103 cm³/mol. The molecule has 24 heavy (non-hydrogen) atoms. The molecular formula is C22H31NO. The van der Waals surface area contributed by atoms with Crippen molar-refractivity contribution < 1.29 is 5.11 Å². The van der Waals surface area contributed by atoms with Gasteiger partial charge in [0, 0.05) is 17.0 Å². The monoisotopic (exact) mass is 325 g/mol. The van der Waals surface area contributed by atoms with Crippen LogP contribution in [0.25, 0.3) is 11.1 Å². The Kier molecular flexibility index (Phi) is 6.17. The van der Waals surface area contributed by atoms with E-state index in [0.29, 0.717) is 11.8 Å². The highest BCUT2D eigenvalue weighted by molar-refractivity contribution is 5.73. The van der Waals surface area contributed by atoms with Crippen LogP contribution >= 0.6 is 0 Å². The van der Waals surface area contributed by atoms with Crippen molar-refractivity contribution in [3.05, 3.63) is 52.3 Å². The van der Waals surface area contributed by atoms with Gasteiger partial charge in [-0.05, 0) is 41.9 Å². The van der Waals surface area contributed by atoms with Crippen molar-refractivity contribution in [2.45, 2.75) is 72.8 Å². The zero-order valence-electron chi connectivity index (χ0n) is 16.0. The number of rotatable bonds is 6. The molecule has 2 rings (SSSR count). The molecule has 2 heteroatoms. The Morgan fingerprint density at radius 3 is 1.92 bits per heavy atom. The van der Waals surface area contributed by atoms with Crippen LogP contribution in [0.4, 0.5) is 0 Å². The molecule has 130 valence electrons. The maximum Gasteiger partial charge on any atom is 0.0705 e. The summed E-state index contributed by atoms with van der Waals surface area (Å²) in [6, 6.07) is 8.65. The van der Waals surface area contributed by atoms with Gasteiger partial charge in [-0.15, -0.1) is 0 Å². The maximum atomic E-state index is 10.1. The molecular weight excluding hydrogens is 294 g/mol. The first kappa shape index (κ1) is 18.7. The summed E-state index contributed by atoms with van der Waals surface area (Å²) in [5.74, 6) is 0.672. The molecule has 1 aromatic heterocycles. The largest absolute Gasteiger partial charge is 0.392 e. The molecule has 0 aliphatic rings. The Labute approximate surface area is 147 Å². The molecule has 2 aromatic rings. The van der Waals surface area contributed by atoms with E-state index in [-0.39, 0.29) is 6.61 Å². The summed E-state index contributed by atoms with van der Waals surface area (Å²) in [7, 11) is 0. The second-order valence-corrected chi connectivity index (χ2v) is 7.30. The van der Waals surface area contributed by atoms with E-state index in [4.69, 9.17) is 4.98 Å². The van der Waals surface area contributed by atoms with E-state index in [9.17, 15) is 5.11 Å². The van der Waals surface area contributed by atoms with E-state index in [1.807, 2.05) is 0 Å². The second kappa shape index (κ2) is 7.94. The van der Waals surface area contributed by atoms with Gasteiger partial charge in [0.15, 0.2) is 0 Å². The van der Waals surface area contributed by atoms with Gasteiger partial charge >= 0.3 is 0 Å². The van der Waals surface area contributed by atoms with Gasteiger partial charge in [0.2, 0.25) is 0 Å². The number of aryl methyl sites for hydroxylation is 1. The van der Waals surface area contributed by atoms with Crippen LogP contribution in [-0.4, -0.2) is 10.1 Å². The fraction of sp³-hybridized carbons (Fsp3) is 0.500. The Balaban J connectivity index is 2.86. The number of nitrogens with zero attached hydrogens (tertiary/aromatic N) is 1. The highest BCUT2D eigenvalue weighted by Gasteiger charge is 2.22. The minimum absolute atomic E-state index is 0.0405. The third-order valence-electron chi connectivity index (χ3n) is 4.55. The van der Waals surface area contributed by atoms with E-state index < -0.39 is 0 Å². The molecule has 0 amide bonds. The molecule has 1 N–H and O–H groups in total. The van der Waals surface area contributed by atoms with Crippen LogP contribution in [0.2, 0.25) is 0 Å². The lowest BCUT2D eigenvalue weighted by molar-refractivity contribution is 0.279. The number of pyridine rings is 1. The lowest BCUT2D eigenvalue weighted by Gasteiger charge is -2.24. The molecule has 0 bridgehead atoms. The molecule has 0 spiro atoms. The number of hydrogen-bond acceptors (Lipinski definition) is 2. The van der Waals surface area contributed by atoms with E-state index in [2.05, 4.69) is 65.8 Å². The number of aliphatic hydroxyl groups excluding tert-OH is 1. The third-order valence-corrected chi connectivity index (χ3v) is 4.55. The van der Waals surface area contributed by atoms with Crippen molar-refractivity contribution >= 4 is 0 Å². The topological polar surface area (TPSA) is 33.1 Å². The lowest BCUT2D eigenvalue weighted by Crippen LogP contribution is -2.12. The number of aromatic nitrogens is 1. The van der Waals surface area contributed by atoms with Crippen LogP contribution in [0.5, 0.6) is 0 Å². The molecule has 0 aliphatic carbocycles. The first-order valence-corrected chi connectivity index (χ1v) is 9.14. The minimum Gasteiger partial charge on any atom is -0.392 e. The van der Waals surface area contributed by atoms with E-state index in [1.165, 1.54) is 27.9 Å². The molecule has 1 heterocycles. The van der Waals surface area contributed by atoms with Gasteiger partial charge in [-0.25, -0.2) is 0 Å². The van der Waals surface area contributed by atoms with Gasteiger partial charge in [-0.2, -0.15) is 0 Å². The van der Waals surface area contributed by atoms with Crippen LogP contribution in [-0.2, 0) is 13.0 Å². The van der Waals surface area contributed by atoms with Crippen LogP contribution < -0.4 is 0 Å².